The summed E-state index contributed by atoms with van der Waals surface area (Å²) in [6.07, 6.45) is 4.50. The highest BCUT2D eigenvalue weighted by molar-refractivity contribution is 5.78. The fraction of sp³-hybridized carbons (Fsp3) is 0.0833. The van der Waals surface area contributed by atoms with Gasteiger partial charge in [-0.2, -0.15) is 4.39 Å². The summed E-state index contributed by atoms with van der Waals surface area (Å²) in [7, 11) is 0. The monoisotopic (exact) mass is 441 g/mol. The maximum atomic E-state index is 14.4. The van der Waals surface area contributed by atoms with Gasteiger partial charge in [-0.25, -0.2) is 15.0 Å². The fourth-order valence-electron chi connectivity index (χ4n) is 4.26. The molecule has 0 saturated carbocycles. The van der Waals surface area contributed by atoms with E-state index >= 15 is 0 Å². The highest BCUT2D eigenvalue weighted by Crippen LogP contribution is 2.52. The Morgan fingerprint density at radius 1 is 0.939 bits per heavy atom. The number of benzene rings is 1. The Labute approximate surface area is 187 Å². The highest BCUT2D eigenvalue weighted by atomic mass is 19.1. The van der Waals surface area contributed by atoms with Crippen molar-refractivity contribution < 1.29 is 19.0 Å². The first-order chi connectivity index (χ1) is 16.0. The minimum atomic E-state index is -1.01. The zero-order valence-corrected chi connectivity index (χ0v) is 17.1. The van der Waals surface area contributed by atoms with E-state index in [1.165, 1.54) is 18.5 Å². The van der Waals surface area contributed by atoms with Gasteiger partial charge < -0.3 is 20.3 Å². The third kappa shape index (κ3) is 2.97. The van der Waals surface area contributed by atoms with Crippen LogP contribution in [0.1, 0.15) is 11.1 Å². The fourth-order valence-corrected chi connectivity index (χ4v) is 4.26. The van der Waals surface area contributed by atoms with E-state index in [1.54, 1.807) is 36.5 Å². The molecule has 0 bridgehead atoms. The first-order valence-corrected chi connectivity index (χ1v) is 10.1. The first kappa shape index (κ1) is 19.2. The molecule has 2 aliphatic heterocycles. The zero-order chi connectivity index (χ0) is 22.6. The van der Waals surface area contributed by atoms with Crippen LogP contribution in [0, 0.1) is 5.95 Å². The van der Waals surface area contributed by atoms with E-state index in [9.17, 15) is 9.50 Å². The summed E-state index contributed by atoms with van der Waals surface area (Å²) in [5.41, 5.74) is 8.58. The van der Waals surface area contributed by atoms with Crippen LogP contribution in [-0.4, -0.2) is 32.7 Å². The van der Waals surface area contributed by atoms with E-state index in [2.05, 4.69) is 19.9 Å². The number of nitrogens with two attached hydrogens (primary N) is 1. The minimum Gasteiger partial charge on any atom is -0.493 e. The molecule has 8 nitrogen and oxygen atoms in total. The lowest BCUT2D eigenvalue weighted by atomic mass is 9.80. The maximum Gasteiger partial charge on any atom is 0.283 e. The van der Waals surface area contributed by atoms with Gasteiger partial charge in [0.25, 0.3) is 6.02 Å². The van der Waals surface area contributed by atoms with Crippen LogP contribution in [0.5, 0.6) is 17.4 Å². The number of hydrogen-bond donors (Lipinski definition) is 2. The number of aromatic hydroxyl groups is 1. The predicted molar refractivity (Wildman–Crippen MR) is 117 cm³/mol. The Kier molecular flexibility index (Phi) is 4.06. The lowest BCUT2D eigenvalue weighted by molar-refractivity contribution is 0.264. The van der Waals surface area contributed by atoms with Gasteiger partial charge in [-0.1, -0.05) is 6.07 Å². The summed E-state index contributed by atoms with van der Waals surface area (Å²) in [6.45, 7) is 0.145. The van der Waals surface area contributed by atoms with Gasteiger partial charge in [0, 0.05) is 40.7 Å². The van der Waals surface area contributed by atoms with Crippen molar-refractivity contribution in [1.82, 2.24) is 15.0 Å². The number of nitrogens with zero attached hydrogens (tertiary/aromatic N) is 4. The van der Waals surface area contributed by atoms with Crippen LogP contribution in [0.25, 0.3) is 22.4 Å². The summed E-state index contributed by atoms with van der Waals surface area (Å²) < 4.78 is 26.1. The average Bonchev–Trinajstić information content (AvgIpc) is 3.21. The number of rotatable bonds is 2. The number of hydrogen-bond acceptors (Lipinski definition) is 8. The van der Waals surface area contributed by atoms with Gasteiger partial charge in [0.2, 0.25) is 11.8 Å². The largest absolute Gasteiger partial charge is 0.493 e. The summed E-state index contributed by atoms with van der Waals surface area (Å²) in [5, 5.41) is 9.79. The third-order valence-corrected chi connectivity index (χ3v) is 5.80. The third-order valence-electron chi connectivity index (χ3n) is 5.80. The molecule has 1 atom stereocenters. The smallest absolute Gasteiger partial charge is 0.283 e. The van der Waals surface area contributed by atoms with Crippen LogP contribution in [0.3, 0.4) is 0 Å². The Morgan fingerprint density at radius 3 is 2.61 bits per heavy atom. The van der Waals surface area contributed by atoms with Gasteiger partial charge in [-0.3, -0.25) is 4.98 Å². The Hall–Kier alpha value is -4.53. The van der Waals surface area contributed by atoms with Crippen LogP contribution >= 0.6 is 0 Å². The second kappa shape index (κ2) is 6.99. The second-order valence-corrected chi connectivity index (χ2v) is 7.72. The van der Waals surface area contributed by atoms with Gasteiger partial charge in [0.15, 0.2) is 11.3 Å². The van der Waals surface area contributed by atoms with Crippen LogP contribution < -0.4 is 10.5 Å². The molecule has 0 aliphatic carbocycles. The van der Waals surface area contributed by atoms with Crippen LogP contribution in [0.4, 0.5) is 4.39 Å². The maximum absolute atomic E-state index is 14.4. The van der Waals surface area contributed by atoms with E-state index in [1.807, 2.05) is 12.1 Å². The van der Waals surface area contributed by atoms with Crippen molar-refractivity contribution in [3.8, 4) is 39.8 Å². The summed E-state index contributed by atoms with van der Waals surface area (Å²) in [5.74, 6) is 0.372. The Bertz CT molecular complexity index is 1460. The molecular weight excluding hydrogens is 425 g/mol. The Morgan fingerprint density at radius 2 is 1.82 bits per heavy atom. The molecule has 0 fully saturated rings. The van der Waals surface area contributed by atoms with Crippen molar-refractivity contribution in [1.29, 1.82) is 0 Å². The molecule has 0 amide bonds. The molecule has 162 valence electrons. The predicted octanol–water partition coefficient (Wildman–Crippen LogP) is 3.74. The van der Waals surface area contributed by atoms with Gasteiger partial charge in [-0.15, -0.1) is 0 Å². The number of aliphatic imine (C=N–C) groups is 1. The van der Waals surface area contributed by atoms with Gasteiger partial charge >= 0.3 is 0 Å². The highest BCUT2D eigenvalue weighted by Gasteiger charge is 2.47. The lowest BCUT2D eigenvalue weighted by Gasteiger charge is -2.33. The first-order valence-electron chi connectivity index (χ1n) is 10.1. The molecule has 3 aromatic heterocycles. The zero-order valence-electron chi connectivity index (χ0n) is 17.1. The van der Waals surface area contributed by atoms with Gasteiger partial charge in [0.05, 0.1) is 11.9 Å². The molecule has 4 aromatic rings. The topological polar surface area (TPSA) is 116 Å². The van der Waals surface area contributed by atoms with Crippen LogP contribution in [-0.2, 0) is 10.3 Å². The number of halogens is 1. The standard InChI is InChI=1S/C24H16FN5O3/c25-22-15(2-1-6-28-22)13-3-4-19-16(8-13)24(12-32-23(26)30-24)17-10-18(29-11-20(17)33-19)14-5-7-27-21(31)9-14/h1-11H,12H2,(H2,26,30)(H,27,31). The summed E-state index contributed by atoms with van der Waals surface area (Å²) >= 11 is 0. The number of aromatic nitrogens is 3. The quantitative estimate of drug-likeness (QED) is 0.455. The lowest BCUT2D eigenvalue weighted by Crippen LogP contribution is -2.31. The van der Waals surface area contributed by atoms with Crippen LogP contribution in [0.15, 0.2) is 72.1 Å². The van der Waals surface area contributed by atoms with Gasteiger partial charge in [0.1, 0.15) is 12.4 Å². The molecule has 6 rings (SSSR count). The van der Waals surface area contributed by atoms with E-state index in [0.717, 1.165) is 0 Å². The van der Waals surface area contributed by atoms with E-state index in [0.29, 0.717) is 45.0 Å². The van der Waals surface area contributed by atoms with E-state index in [4.69, 9.17) is 15.2 Å². The molecule has 2 aliphatic rings. The number of pyridine rings is 3. The van der Waals surface area contributed by atoms with Crippen LogP contribution in [0.2, 0.25) is 0 Å². The van der Waals surface area contributed by atoms with Gasteiger partial charge in [-0.05, 0) is 42.0 Å². The van der Waals surface area contributed by atoms with E-state index in [-0.39, 0.29) is 18.5 Å². The van der Waals surface area contributed by atoms with Crippen molar-refractivity contribution >= 4 is 6.02 Å². The molecule has 1 aromatic carbocycles. The molecular formula is C24H16FN5O3. The van der Waals surface area contributed by atoms with Crippen molar-refractivity contribution in [2.45, 2.75) is 5.54 Å². The normalized spacial score (nSPS) is 18.2. The van der Waals surface area contributed by atoms with E-state index < -0.39 is 11.5 Å². The SMILES string of the molecule is NC1=NC2(CO1)c1cc(-c3cccnc3F)ccc1Oc1cnc(-c3ccnc(O)c3)cc12. The second-order valence-electron chi connectivity index (χ2n) is 7.72. The molecule has 9 heteroatoms. The molecule has 1 unspecified atom stereocenters. The number of fused-ring (bicyclic) bond motifs is 4. The molecule has 0 saturated heterocycles. The Balaban J connectivity index is 1.56. The number of amidine groups is 1. The summed E-state index contributed by atoms with van der Waals surface area (Å²) in [4.78, 5) is 16.7. The molecule has 1 spiro atoms. The average molecular weight is 441 g/mol. The van der Waals surface area contributed by atoms with Crippen molar-refractivity contribution in [3.05, 3.63) is 84.2 Å². The van der Waals surface area contributed by atoms with Crippen molar-refractivity contribution in [3.63, 3.8) is 0 Å². The molecule has 33 heavy (non-hydrogen) atoms. The molecule has 5 heterocycles. The minimum absolute atomic E-state index is 0.0479. The molecule has 0 radical (unpaired) electrons. The summed E-state index contributed by atoms with van der Waals surface area (Å²) in [6, 6.07) is 13.8. The van der Waals surface area contributed by atoms with Crippen molar-refractivity contribution in [2.24, 2.45) is 10.7 Å². The number of ether oxygens (including phenoxy) is 2. The molecule has 3 N–H and O–H groups in total. The van der Waals surface area contributed by atoms with Crippen molar-refractivity contribution in [2.75, 3.05) is 6.61 Å².